The molecule has 3 heteroatoms. The highest BCUT2D eigenvalue weighted by molar-refractivity contribution is 5.76. The summed E-state index contributed by atoms with van der Waals surface area (Å²) in [6, 6.07) is 0. The van der Waals surface area contributed by atoms with Crippen LogP contribution in [-0.2, 0) is 4.79 Å². The second-order valence-electron chi connectivity index (χ2n) is 4.33. The van der Waals surface area contributed by atoms with Crippen molar-refractivity contribution in [3.63, 3.8) is 0 Å². The van der Waals surface area contributed by atoms with Gasteiger partial charge in [-0.2, -0.15) is 0 Å². The van der Waals surface area contributed by atoms with Gasteiger partial charge in [-0.3, -0.25) is 4.79 Å². The van der Waals surface area contributed by atoms with Crippen LogP contribution in [0.3, 0.4) is 0 Å². The monoisotopic (exact) mass is 228 g/mol. The quantitative estimate of drug-likeness (QED) is 0.584. The summed E-state index contributed by atoms with van der Waals surface area (Å²) in [5, 5.41) is 0. The van der Waals surface area contributed by atoms with Crippen molar-refractivity contribution in [3.05, 3.63) is 0 Å². The number of hydrogen-bond acceptors (Lipinski definition) is 2. The Hall–Kier alpha value is -0.570. The van der Waals surface area contributed by atoms with Crippen LogP contribution >= 0.6 is 0 Å². The van der Waals surface area contributed by atoms with E-state index in [9.17, 15) is 4.79 Å². The van der Waals surface area contributed by atoms with Crippen LogP contribution in [0.5, 0.6) is 0 Å². The van der Waals surface area contributed by atoms with Crippen LogP contribution in [0, 0.1) is 0 Å². The van der Waals surface area contributed by atoms with Crippen LogP contribution in [0.15, 0.2) is 0 Å². The topological polar surface area (TPSA) is 46.3 Å². The Morgan fingerprint density at radius 1 is 1.00 bits per heavy atom. The van der Waals surface area contributed by atoms with Gasteiger partial charge in [0.1, 0.15) is 0 Å². The zero-order valence-corrected chi connectivity index (χ0v) is 11.0. The lowest BCUT2D eigenvalue weighted by molar-refractivity contribution is -0.131. The van der Waals surface area contributed by atoms with Crippen molar-refractivity contribution in [1.29, 1.82) is 0 Å². The molecule has 0 rings (SSSR count). The molecule has 0 aliphatic carbocycles. The van der Waals surface area contributed by atoms with Crippen molar-refractivity contribution >= 4 is 5.91 Å². The molecule has 0 aliphatic heterocycles. The molecular weight excluding hydrogens is 200 g/mol. The number of hydrogen-bond donors (Lipinski definition) is 1. The number of nitrogens with zero attached hydrogens (tertiary/aromatic N) is 1. The lowest BCUT2D eigenvalue weighted by Crippen LogP contribution is -2.35. The predicted octanol–water partition coefficient (Wildman–Crippen LogP) is 2.54. The maximum atomic E-state index is 11.8. The first kappa shape index (κ1) is 15.4. The number of nitrogens with two attached hydrogens (primary N) is 1. The smallest absolute Gasteiger partial charge is 0.222 e. The van der Waals surface area contributed by atoms with Gasteiger partial charge >= 0.3 is 0 Å². The molecule has 0 aliphatic rings. The van der Waals surface area contributed by atoms with E-state index >= 15 is 0 Å². The van der Waals surface area contributed by atoms with Crippen molar-refractivity contribution in [3.8, 4) is 0 Å². The van der Waals surface area contributed by atoms with Crippen molar-refractivity contribution < 1.29 is 4.79 Å². The Bertz CT molecular complexity index is 165. The minimum atomic E-state index is 0.281. The fourth-order valence-corrected chi connectivity index (χ4v) is 1.82. The molecule has 0 atom stereocenters. The van der Waals surface area contributed by atoms with Gasteiger partial charge in [0.05, 0.1) is 0 Å². The highest BCUT2D eigenvalue weighted by Gasteiger charge is 2.10. The van der Waals surface area contributed by atoms with E-state index in [1.165, 1.54) is 25.7 Å². The Balaban J connectivity index is 3.65. The summed E-state index contributed by atoms with van der Waals surface area (Å²) in [5.41, 5.74) is 5.50. The molecule has 0 bridgehead atoms. The van der Waals surface area contributed by atoms with Crippen molar-refractivity contribution in [2.24, 2.45) is 5.73 Å². The highest BCUT2D eigenvalue weighted by atomic mass is 16.2. The maximum absolute atomic E-state index is 11.8. The summed E-state index contributed by atoms with van der Waals surface area (Å²) in [6.07, 6.45) is 7.73. The van der Waals surface area contributed by atoms with Crippen LogP contribution in [0.2, 0.25) is 0 Å². The van der Waals surface area contributed by atoms with E-state index < -0.39 is 0 Å². The Morgan fingerprint density at radius 3 is 2.25 bits per heavy atom. The van der Waals surface area contributed by atoms with Gasteiger partial charge in [0, 0.05) is 26.1 Å². The van der Waals surface area contributed by atoms with Crippen LogP contribution in [-0.4, -0.2) is 30.4 Å². The average molecular weight is 228 g/mol. The van der Waals surface area contributed by atoms with Gasteiger partial charge in [-0.05, 0) is 12.8 Å². The van der Waals surface area contributed by atoms with Crippen LogP contribution in [0.25, 0.3) is 0 Å². The molecule has 0 saturated heterocycles. The molecule has 0 aromatic carbocycles. The van der Waals surface area contributed by atoms with Gasteiger partial charge in [-0.25, -0.2) is 0 Å². The average Bonchev–Trinajstić information content (AvgIpc) is 2.28. The minimum absolute atomic E-state index is 0.281. The number of rotatable bonds is 10. The summed E-state index contributed by atoms with van der Waals surface area (Å²) in [7, 11) is 0. The standard InChI is InChI=1S/C13H28N2O/c1-3-5-6-7-8-9-13(16)15(11-4-2)12-10-14/h3-12,14H2,1-2H3. The summed E-state index contributed by atoms with van der Waals surface area (Å²) in [4.78, 5) is 13.7. The Kier molecular flexibility index (Phi) is 10.5. The number of unbranched alkanes of at least 4 members (excludes halogenated alkanes) is 4. The van der Waals surface area contributed by atoms with Crippen LogP contribution < -0.4 is 5.73 Å². The maximum Gasteiger partial charge on any atom is 0.222 e. The fraction of sp³-hybridized carbons (Fsp3) is 0.923. The van der Waals surface area contributed by atoms with Gasteiger partial charge < -0.3 is 10.6 Å². The second kappa shape index (κ2) is 10.9. The zero-order valence-electron chi connectivity index (χ0n) is 11.0. The first-order chi connectivity index (χ1) is 7.76. The fourth-order valence-electron chi connectivity index (χ4n) is 1.82. The third-order valence-electron chi connectivity index (χ3n) is 2.74. The predicted molar refractivity (Wildman–Crippen MR) is 69.3 cm³/mol. The number of carbonyl (C=O) groups excluding carboxylic acids is 1. The van der Waals surface area contributed by atoms with Gasteiger partial charge in [-0.1, -0.05) is 39.5 Å². The van der Waals surface area contributed by atoms with Gasteiger partial charge in [0.2, 0.25) is 5.91 Å². The molecule has 3 nitrogen and oxygen atoms in total. The van der Waals surface area contributed by atoms with E-state index in [0.29, 0.717) is 19.5 Å². The molecule has 0 aromatic heterocycles. The molecular formula is C13H28N2O. The molecule has 96 valence electrons. The Labute approximate surface area is 100 Å². The summed E-state index contributed by atoms with van der Waals surface area (Å²) in [6.45, 7) is 6.43. The molecule has 0 heterocycles. The van der Waals surface area contributed by atoms with Crippen LogP contribution in [0.4, 0.5) is 0 Å². The molecule has 2 N–H and O–H groups in total. The lowest BCUT2D eigenvalue weighted by Gasteiger charge is -2.21. The summed E-state index contributed by atoms with van der Waals surface area (Å²) in [5.74, 6) is 0.281. The van der Waals surface area contributed by atoms with E-state index in [1.807, 2.05) is 4.90 Å². The second-order valence-corrected chi connectivity index (χ2v) is 4.33. The van der Waals surface area contributed by atoms with E-state index in [1.54, 1.807) is 0 Å². The molecule has 0 unspecified atom stereocenters. The minimum Gasteiger partial charge on any atom is -0.341 e. The third-order valence-corrected chi connectivity index (χ3v) is 2.74. The summed E-state index contributed by atoms with van der Waals surface area (Å²) >= 11 is 0. The molecule has 0 radical (unpaired) electrons. The molecule has 16 heavy (non-hydrogen) atoms. The molecule has 0 spiro atoms. The van der Waals surface area contributed by atoms with Crippen molar-refractivity contribution in [2.75, 3.05) is 19.6 Å². The summed E-state index contributed by atoms with van der Waals surface area (Å²) < 4.78 is 0. The Morgan fingerprint density at radius 2 is 1.69 bits per heavy atom. The highest BCUT2D eigenvalue weighted by Crippen LogP contribution is 2.07. The van der Waals surface area contributed by atoms with Gasteiger partial charge in [0.15, 0.2) is 0 Å². The first-order valence-electron chi connectivity index (χ1n) is 6.74. The largest absolute Gasteiger partial charge is 0.341 e. The molecule has 1 amide bonds. The van der Waals surface area contributed by atoms with E-state index in [2.05, 4.69) is 13.8 Å². The normalized spacial score (nSPS) is 10.4. The van der Waals surface area contributed by atoms with E-state index in [-0.39, 0.29) is 5.91 Å². The molecule has 0 aromatic rings. The first-order valence-corrected chi connectivity index (χ1v) is 6.74. The SMILES string of the molecule is CCCCCCCC(=O)N(CCC)CCN. The number of amides is 1. The van der Waals surface area contributed by atoms with E-state index in [4.69, 9.17) is 5.73 Å². The van der Waals surface area contributed by atoms with Crippen molar-refractivity contribution in [1.82, 2.24) is 4.90 Å². The number of carbonyl (C=O) groups is 1. The zero-order chi connectivity index (χ0) is 12.2. The van der Waals surface area contributed by atoms with Gasteiger partial charge in [0.25, 0.3) is 0 Å². The molecule has 0 fully saturated rings. The van der Waals surface area contributed by atoms with Gasteiger partial charge in [-0.15, -0.1) is 0 Å². The lowest BCUT2D eigenvalue weighted by atomic mass is 10.1. The van der Waals surface area contributed by atoms with Crippen molar-refractivity contribution in [2.45, 2.75) is 58.8 Å². The third kappa shape index (κ3) is 7.69. The molecule has 0 saturated carbocycles. The van der Waals surface area contributed by atoms with E-state index in [0.717, 1.165) is 19.4 Å². The van der Waals surface area contributed by atoms with Crippen LogP contribution in [0.1, 0.15) is 58.8 Å².